The highest BCUT2D eigenvalue weighted by Gasteiger charge is 2.01. The number of aryl methyl sites for hydroxylation is 1. The zero-order chi connectivity index (χ0) is 13.8. The van der Waals surface area contributed by atoms with Gasteiger partial charge >= 0.3 is 0 Å². The van der Waals surface area contributed by atoms with Gasteiger partial charge < -0.3 is 11.1 Å². The molecule has 0 saturated heterocycles. The van der Waals surface area contributed by atoms with Crippen LogP contribution in [0.25, 0.3) is 0 Å². The largest absolute Gasteiger partial charge is 0.397 e. The van der Waals surface area contributed by atoms with Gasteiger partial charge in [0.2, 0.25) is 0 Å². The number of hydrogen-bond donors (Lipinski definition) is 2. The normalized spacial score (nSPS) is 10.5. The molecule has 0 saturated carbocycles. The molecule has 0 aliphatic rings. The van der Waals surface area contributed by atoms with Crippen molar-refractivity contribution in [1.82, 2.24) is 0 Å². The first-order chi connectivity index (χ1) is 9.06. The molecule has 0 radical (unpaired) electrons. The molecule has 0 unspecified atom stereocenters. The summed E-state index contributed by atoms with van der Waals surface area (Å²) in [5, 5.41) is 3.28. The Kier molecular flexibility index (Phi) is 4.43. The molecule has 2 rings (SSSR count). The molecule has 0 aromatic heterocycles. The molecule has 0 bridgehead atoms. The Balaban J connectivity index is 1.94. The van der Waals surface area contributed by atoms with E-state index in [0.29, 0.717) is 11.3 Å². The molecular formula is C15H16BrFN2. The fourth-order valence-electron chi connectivity index (χ4n) is 1.90. The standard InChI is InChI=1S/C15H16BrFN2/c1-10-8-11(2-4-13(10)17)6-7-19-15-5-3-12(16)9-14(15)18/h2-5,8-9,19H,6-7,18H2,1H3. The van der Waals surface area contributed by atoms with Crippen LogP contribution in [0.3, 0.4) is 0 Å². The second-order valence-corrected chi connectivity index (χ2v) is 5.41. The maximum Gasteiger partial charge on any atom is 0.126 e. The lowest BCUT2D eigenvalue weighted by Crippen LogP contribution is -2.07. The molecule has 2 aromatic rings. The van der Waals surface area contributed by atoms with E-state index >= 15 is 0 Å². The maximum absolute atomic E-state index is 13.1. The minimum atomic E-state index is -0.158. The molecule has 4 heteroatoms. The number of halogens is 2. The first-order valence-electron chi connectivity index (χ1n) is 6.10. The van der Waals surface area contributed by atoms with Gasteiger partial charge in [-0.1, -0.05) is 28.1 Å². The van der Waals surface area contributed by atoms with Crippen LogP contribution in [-0.4, -0.2) is 6.54 Å². The Labute approximate surface area is 121 Å². The average Bonchev–Trinajstić information content (AvgIpc) is 2.36. The molecule has 0 spiro atoms. The van der Waals surface area contributed by atoms with E-state index in [0.717, 1.165) is 28.7 Å². The molecule has 19 heavy (non-hydrogen) atoms. The number of rotatable bonds is 4. The van der Waals surface area contributed by atoms with Crippen LogP contribution in [-0.2, 0) is 6.42 Å². The minimum Gasteiger partial charge on any atom is -0.397 e. The summed E-state index contributed by atoms with van der Waals surface area (Å²) in [6, 6.07) is 11.0. The van der Waals surface area contributed by atoms with Gasteiger partial charge in [0.1, 0.15) is 5.82 Å². The highest BCUT2D eigenvalue weighted by molar-refractivity contribution is 9.10. The summed E-state index contributed by atoms with van der Waals surface area (Å²) < 4.78 is 14.1. The summed E-state index contributed by atoms with van der Waals surface area (Å²) in [7, 11) is 0. The van der Waals surface area contributed by atoms with Crippen molar-refractivity contribution in [2.45, 2.75) is 13.3 Å². The van der Waals surface area contributed by atoms with Gasteiger partial charge in [-0.15, -0.1) is 0 Å². The Morgan fingerprint density at radius 3 is 2.68 bits per heavy atom. The van der Waals surface area contributed by atoms with Crippen LogP contribution in [0.15, 0.2) is 40.9 Å². The second-order valence-electron chi connectivity index (χ2n) is 4.49. The van der Waals surface area contributed by atoms with E-state index in [1.165, 1.54) is 6.07 Å². The number of benzene rings is 2. The fraction of sp³-hybridized carbons (Fsp3) is 0.200. The fourth-order valence-corrected chi connectivity index (χ4v) is 2.28. The van der Waals surface area contributed by atoms with Gasteiger partial charge in [-0.25, -0.2) is 4.39 Å². The van der Waals surface area contributed by atoms with E-state index < -0.39 is 0 Å². The summed E-state index contributed by atoms with van der Waals surface area (Å²) in [5.74, 6) is -0.158. The van der Waals surface area contributed by atoms with E-state index in [1.807, 2.05) is 30.3 Å². The summed E-state index contributed by atoms with van der Waals surface area (Å²) >= 11 is 3.37. The zero-order valence-corrected chi connectivity index (χ0v) is 12.3. The van der Waals surface area contributed by atoms with Crippen molar-refractivity contribution < 1.29 is 4.39 Å². The van der Waals surface area contributed by atoms with Gasteiger partial charge in [-0.2, -0.15) is 0 Å². The number of hydrogen-bond acceptors (Lipinski definition) is 2. The lowest BCUT2D eigenvalue weighted by molar-refractivity contribution is 0.617. The Bertz CT molecular complexity index is 584. The van der Waals surface area contributed by atoms with E-state index in [-0.39, 0.29) is 5.82 Å². The van der Waals surface area contributed by atoms with Crippen molar-refractivity contribution in [3.05, 3.63) is 57.8 Å². The van der Waals surface area contributed by atoms with Gasteiger partial charge in [0.05, 0.1) is 11.4 Å². The van der Waals surface area contributed by atoms with Crippen molar-refractivity contribution in [3.63, 3.8) is 0 Å². The van der Waals surface area contributed by atoms with Gasteiger partial charge in [0.15, 0.2) is 0 Å². The molecule has 3 N–H and O–H groups in total. The third-order valence-electron chi connectivity index (χ3n) is 2.97. The van der Waals surface area contributed by atoms with E-state index in [1.54, 1.807) is 6.92 Å². The van der Waals surface area contributed by atoms with Gasteiger partial charge in [0, 0.05) is 11.0 Å². The minimum absolute atomic E-state index is 0.158. The number of nitrogens with two attached hydrogens (primary N) is 1. The predicted molar refractivity (Wildman–Crippen MR) is 81.9 cm³/mol. The van der Waals surface area contributed by atoms with Crippen molar-refractivity contribution in [1.29, 1.82) is 0 Å². The first-order valence-corrected chi connectivity index (χ1v) is 6.89. The molecule has 0 atom stereocenters. The highest BCUT2D eigenvalue weighted by Crippen LogP contribution is 2.22. The third-order valence-corrected chi connectivity index (χ3v) is 3.46. The topological polar surface area (TPSA) is 38.0 Å². The molecule has 2 aromatic carbocycles. The molecule has 0 amide bonds. The number of anilines is 2. The molecule has 100 valence electrons. The second kappa shape index (κ2) is 6.06. The van der Waals surface area contributed by atoms with E-state index in [2.05, 4.69) is 21.2 Å². The van der Waals surface area contributed by atoms with Crippen LogP contribution in [0.4, 0.5) is 15.8 Å². The quantitative estimate of drug-likeness (QED) is 0.830. The Hall–Kier alpha value is -1.55. The van der Waals surface area contributed by atoms with Crippen molar-refractivity contribution in [2.75, 3.05) is 17.6 Å². The lowest BCUT2D eigenvalue weighted by atomic mass is 10.1. The number of nitrogens with one attached hydrogen (secondary N) is 1. The monoisotopic (exact) mass is 322 g/mol. The van der Waals surface area contributed by atoms with Crippen LogP contribution in [0.5, 0.6) is 0 Å². The molecule has 0 aliphatic carbocycles. The van der Waals surface area contributed by atoms with Gasteiger partial charge in [-0.3, -0.25) is 0 Å². The van der Waals surface area contributed by atoms with Crippen molar-refractivity contribution in [2.24, 2.45) is 0 Å². The van der Waals surface area contributed by atoms with Gasteiger partial charge in [0.25, 0.3) is 0 Å². The lowest BCUT2D eigenvalue weighted by Gasteiger charge is -2.10. The smallest absolute Gasteiger partial charge is 0.126 e. The molecule has 0 aliphatic heterocycles. The van der Waals surface area contributed by atoms with Crippen LogP contribution < -0.4 is 11.1 Å². The van der Waals surface area contributed by atoms with Crippen LogP contribution in [0, 0.1) is 12.7 Å². The van der Waals surface area contributed by atoms with E-state index in [4.69, 9.17) is 5.73 Å². The summed E-state index contributed by atoms with van der Waals surface area (Å²) in [6.45, 7) is 2.54. The molecule has 2 nitrogen and oxygen atoms in total. The first kappa shape index (κ1) is 13.9. The van der Waals surface area contributed by atoms with Crippen molar-refractivity contribution in [3.8, 4) is 0 Å². The van der Waals surface area contributed by atoms with Crippen molar-refractivity contribution >= 4 is 27.3 Å². The SMILES string of the molecule is Cc1cc(CCNc2ccc(Br)cc2N)ccc1F. The predicted octanol–water partition coefficient (Wildman–Crippen LogP) is 4.13. The van der Waals surface area contributed by atoms with Crippen LogP contribution in [0.2, 0.25) is 0 Å². The van der Waals surface area contributed by atoms with E-state index in [9.17, 15) is 4.39 Å². The Morgan fingerprint density at radius 1 is 1.21 bits per heavy atom. The average molecular weight is 323 g/mol. The summed E-state index contributed by atoms with van der Waals surface area (Å²) in [5.41, 5.74) is 9.33. The maximum atomic E-state index is 13.1. The number of nitrogen functional groups attached to an aromatic ring is 1. The molecule has 0 heterocycles. The molecule has 0 fully saturated rings. The van der Waals surface area contributed by atoms with Crippen LogP contribution in [0.1, 0.15) is 11.1 Å². The highest BCUT2D eigenvalue weighted by atomic mass is 79.9. The van der Waals surface area contributed by atoms with Crippen LogP contribution >= 0.6 is 15.9 Å². The summed E-state index contributed by atoms with van der Waals surface area (Å²) in [4.78, 5) is 0. The van der Waals surface area contributed by atoms with Gasteiger partial charge in [-0.05, 0) is 48.7 Å². The summed E-state index contributed by atoms with van der Waals surface area (Å²) in [6.07, 6.45) is 0.830. The third kappa shape index (κ3) is 3.70. The molecular weight excluding hydrogens is 307 g/mol. The zero-order valence-electron chi connectivity index (χ0n) is 10.7. The Morgan fingerprint density at radius 2 is 2.00 bits per heavy atom.